The van der Waals surface area contributed by atoms with E-state index >= 15 is 0 Å². The summed E-state index contributed by atoms with van der Waals surface area (Å²) in [5.74, 6) is -3.07. The number of carbonyl (C=O) groups excluding carboxylic acids is 4. The van der Waals surface area contributed by atoms with Gasteiger partial charge in [-0.1, -0.05) is 13.3 Å². The van der Waals surface area contributed by atoms with Crippen LogP contribution in [-0.2, 0) is 19.2 Å². The fraction of sp³-hybridized carbons (Fsp3) is 0.737. The van der Waals surface area contributed by atoms with Gasteiger partial charge in [0.25, 0.3) is 5.91 Å². The summed E-state index contributed by atoms with van der Waals surface area (Å²) >= 11 is 0. The predicted octanol–water partition coefficient (Wildman–Crippen LogP) is -0.0809. The van der Waals surface area contributed by atoms with E-state index in [4.69, 9.17) is 5.11 Å². The highest BCUT2D eigenvalue weighted by molar-refractivity contribution is 6.38. The molecule has 3 atom stereocenters. The molecule has 10 nitrogen and oxygen atoms in total. The standard InChI is InChI=1S/C19H30N4O6/c1-3-20-17(27)14(24)12(9-11-5-8-21-15(11)25)22-16(26)13(23-18(28)29)10-19(2)6-4-7-19/h11-13,23H,3-10H2,1-2H3,(H,20,27)(H,21,25)(H,22,26)(H,28,29)/t11-,12-,13?/m0/s1. The van der Waals surface area contributed by atoms with Crippen LogP contribution in [0.25, 0.3) is 0 Å². The second-order valence-corrected chi connectivity index (χ2v) is 8.17. The number of rotatable bonds is 10. The van der Waals surface area contributed by atoms with Gasteiger partial charge in [-0.15, -0.1) is 0 Å². The zero-order valence-corrected chi connectivity index (χ0v) is 16.9. The van der Waals surface area contributed by atoms with Gasteiger partial charge >= 0.3 is 6.09 Å². The van der Waals surface area contributed by atoms with Crippen LogP contribution < -0.4 is 21.3 Å². The molecule has 1 unspecified atom stereocenters. The van der Waals surface area contributed by atoms with Crippen molar-refractivity contribution in [1.29, 1.82) is 0 Å². The van der Waals surface area contributed by atoms with Crippen LogP contribution in [0.5, 0.6) is 0 Å². The van der Waals surface area contributed by atoms with Crippen LogP contribution in [0.3, 0.4) is 0 Å². The third-order valence-electron chi connectivity index (χ3n) is 5.75. The molecule has 10 heteroatoms. The summed E-state index contributed by atoms with van der Waals surface area (Å²) in [5.41, 5.74) is -0.144. The minimum atomic E-state index is -1.34. The normalized spacial score (nSPS) is 21.9. The van der Waals surface area contributed by atoms with Crippen molar-refractivity contribution in [2.24, 2.45) is 11.3 Å². The minimum absolute atomic E-state index is 0.00933. The van der Waals surface area contributed by atoms with E-state index in [1.165, 1.54) is 0 Å². The smallest absolute Gasteiger partial charge is 0.405 e. The zero-order chi connectivity index (χ0) is 21.6. The van der Waals surface area contributed by atoms with Crippen molar-refractivity contribution in [1.82, 2.24) is 21.3 Å². The maximum Gasteiger partial charge on any atom is 0.405 e. The molecule has 1 heterocycles. The Labute approximate surface area is 169 Å². The average molecular weight is 410 g/mol. The SMILES string of the molecule is CCNC(=O)C(=O)[C@H](C[C@@H]1CCNC1=O)NC(=O)C(CC1(C)CCC1)NC(=O)O. The van der Waals surface area contributed by atoms with Crippen LogP contribution in [0.15, 0.2) is 0 Å². The van der Waals surface area contributed by atoms with Gasteiger partial charge in [0.1, 0.15) is 6.04 Å². The first kappa shape index (κ1) is 22.6. The van der Waals surface area contributed by atoms with Gasteiger partial charge in [-0.2, -0.15) is 0 Å². The lowest BCUT2D eigenvalue weighted by Gasteiger charge is -2.40. The molecule has 0 bridgehead atoms. The lowest BCUT2D eigenvalue weighted by molar-refractivity contribution is -0.141. The molecule has 0 aromatic carbocycles. The summed E-state index contributed by atoms with van der Waals surface area (Å²) in [4.78, 5) is 60.5. The summed E-state index contributed by atoms with van der Waals surface area (Å²) < 4.78 is 0. The molecule has 1 aliphatic carbocycles. The molecule has 4 amide bonds. The predicted molar refractivity (Wildman–Crippen MR) is 103 cm³/mol. The Morgan fingerprint density at radius 1 is 1.21 bits per heavy atom. The van der Waals surface area contributed by atoms with E-state index in [0.29, 0.717) is 19.4 Å². The first-order valence-electron chi connectivity index (χ1n) is 10.0. The monoisotopic (exact) mass is 410 g/mol. The van der Waals surface area contributed by atoms with Crippen LogP contribution in [0, 0.1) is 11.3 Å². The second kappa shape index (κ2) is 9.71. The van der Waals surface area contributed by atoms with Gasteiger partial charge in [-0.3, -0.25) is 19.2 Å². The van der Waals surface area contributed by atoms with Crippen molar-refractivity contribution in [2.75, 3.05) is 13.1 Å². The Morgan fingerprint density at radius 2 is 1.90 bits per heavy atom. The Hall–Kier alpha value is -2.65. The number of hydrogen-bond acceptors (Lipinski definition) is 5. The molecule has 162 valence electrons. The van der Waals surface area contributed by atoms with E-state index in [-0.39, 0.29) is 24.3 Å². The molecule has 0 radical (unpaired) electrons. The molecule has 1 saturated heterocycles. The third kappa shape index (κ3) is 6.16. The van der Waals surface area contributed by atoms with Gasteiger partial charge in [0, 0.05) is 19.0 Å². The first-order valence-corrected chi connectivity index (χ1v) is 10.0. The lowest BCUT2D eigenvalue weighted by Crippen LogP contribution is -2.55. The maximum atomic E-state index is 12.8. The molecule has 2 aliphatic rings. The van der Waals surface area contributed by atoms with Crippen LogP contribution in [0.4, 0.5) is 4.79 Å². The number of likely N-dealkylation sites (N-methyl/N-ethyl adjacent to an activating group) is 1. The molecule has 0 spiro atoms. The molecule has 29 heavy (non-hydrogen) atoms. The topological polar surface area (TPSA) is 154 Å². The second-order valence-electron chi connectivity index (χ2n) is 8.17. The number of Topliss-reactive ketones (excluding diaryl/α,β-unsaturated/α-hetero) is 1. The van der Waals surface area contributed by atoms with Crippen molar-refractivity contribution in [3.63, 3.8) is 0 Å². The number of amides is 4. The largest absolute Gasteiger partial charge is 0.465 e. The van der Waals surface area contributed by atoms with Crippen LogP contribution in [0.1, 0.15) is 52.4 Å². The Kier molecular flexibility index (Phi) is 7.58. The quantitative estimate of drug-likeness (QED) is 0.317. The van der Waals surface area contributed by atoms with Gasteiger partial charge in [-0.25, -0.2) is 4.79 Å². The maximum absolute atomic E-state index is 12.8. The fourth-order valence-corrected chi connectivity index (χ4v) is 3.90. The Morgan fingerprint density at radius 3 is 2.38 bits per heavy atom. The van der Waals surface area contributed by atoms with Gasteiger partial charge in [0.2, 0.25) is 17.6 Å². The first-order chi connectivity index (χ1) is 13.6. The molecule has 0 aromatic heterocycles. The molecular weight excluding hydrogens is 380 g/mol. The summed E-state index contributed by atoms with van der Waals surface area (Å²) in [6.45, 7) is 4.37. The summed E-state index contributed by atoms with van der Waals surface area (Å²) in [6, 6.07) is -2.24. The van der Waals surface area contributed by atoms with Gasteiger partial charge in [-0.05, 0) is 44.4 Å². The summed E-state index contributed by atoms with van der Waals surface area (Å²) in [7, 11) is 0. The molecule has 1 saturated carbocycles. The van der Waals surface area contributed by atoms with Gasteiger partial charge in [0.15, 0.2) is 0 Å². The Balaban J connectivity index is 2.13. The van der Waals surface area contributed by atoms with E-state index < -0.39 is 41.7 Å². The number of ketones is 1. The Bertz CT molecular complexity index is 676. The van der Waals surface area contributed by atoms with Crippen LogP contribution >= 0.6 is 0 Å². The molecule has 2 fully saturated rings. The third-order valence-corrected chi connectivity index (χ3v) is 5.75. The van der Waals surface area contributed by atoms with Gasteiger partial charge in [0.05, 0.1) is 6.04 Å². The lowest BCUT2D eigenvalue weighted by atomic mass is 9.67. The highest BCUT2D eigenvalue weighted by Crippen LogP contribution is 2.44. The van der Waals surface area contributed by atoms with E-state index in [1.807, 2.05) is 6.92 Å². The fourth-order valence-electron chi connectivity index (χ4n) is 3.90. The highest BCUT2D eigenvalue weighted by Gasteiger charge is 2.39. The minimum Gasteiger partial charge on any atom is -0.465 e. The van der Waals surface area contributed by atoms with Crippen molar-refractivity contribution in [3.8, 4) is 0 Å². The average Bonchev–Trinajstić information content (AvgIpc) is 3.03. The molecular formula is C19H30N4O6. The van der Waals surface area contributed by atoms with Crippen molar-refractivity contribution in [3.05, 3.63) is 0 Å². The number of nitrogens with one attached hydrogen (secondary N) is 4. The zero-order valence-electron chi connectivity index (χ0n) is 16.9. The van der Waals surface area contributed by atoms with Crippen molar-refractivity contribution >= 4 is 29.6 Å². The van der Waals surface area contributed by atoms with E-state index in [0.717, 1.165) is 19.3 Å². The number of hydrogen-bond donors (Lipinski definition) is 5. The van der Waals surface area contributed by atoms with Crippen LogP contribution in [-0.4, -0.2) is 59.9 Å². The van der Waals surface area contributed by atoms with Crippen molar-refractivity contribution in [2.45, 2.75) is 64.5 Å². The van der Waals surface area contributed by atoms with E-state index in [9.17, 15) is 24.0 Å². The van der Waals surface area contributed by atoms with Crippen LogP contribution in [0.2, 0.25) is 0 Å². The van der Waals surface area contributed by atoms with Crippen molar-refractivity contribution < 1.29 is 29.1 Å². The molecule has 1 aliphatic heterocycles. The molecule has 5 N–H and O–H groups in total. The van der Waals surface area contributed by atoms with E-state index in [2.05, 4.69) is 21.3 Å². The summed E-state index contributed by atoms with van der Waals surface area (Å²) in [6.07, 6.45) is 2.26. The van der Waals surface area contributed by atoms with E-state index in [1.54, 1.807) is 6.92 Å². The molecule has 0 aromatic rings. The molecule has 2 rings (SSSR count). The van der Waals surface area contributed by atoms with Gasteiger partial charge < -0.3 is 26.4 Å². The number of carboxylic acid groups (broad SMARTS) is 1. The number of carbonyl (C=O) groups is 5. The summed E-state index contributed by atoms with van der Waals surface area (Å²) in [5, 5.41) is 18.9. The highest BCUT2D eigenvalue weighted by atomic mass is 16.4.